The molecule has 0 unspecified atom stereocenters. The zero-order valence-electron chi connectivity index (χ0n) is 12.5. The van der Waals surface area contributed by atoms with E-state index in [4.69, 9.17) is 5.16 Å². The first-order valence-corrected chi connectivity index (χ1v) is 6.87. The maximum atomic E-state index is 8.17. The Balaban J connectivity index is -0.000000121. The molecule has 0 amide bonds. The van der Waals surface area contributed by atoms with Crippen LogP contribution in [-0.4, -0.2) is 56.3 Å². The van der Waals surface area contributed by atoms with Gasteiger partial charge in [-0.25, -0.2) is 12.2 Å². The number of hydrogen-bond acceptors (Lipinski definition) is 1. The van der Waals surface area contributed by atoms with E-state index >= 15 is 0 Å². The third kappa shape index (κ3) is 9.44. The van der Waals surface area contributed by atoms with E-state index in [0.717, 1.165) is 6.42 Å². The van der Waals surface area contributed by atoms with Crippen LogP contribution in [0.1, 0.15) is 6.42 Å². The Morgan fingerprint density at radius 1 is 0.947 bits per heavy atom. The van der Waals surface area contributed by atoms with Crippen LogP contribution >= 0.6 is 7.51 Å². The van der Waals surface area contributed by atoms with Crippen molar-refractivity contribution in [2.75, 3.05) is 42.3 Å². The van der Waals surface area contributed by atoms with Gasteiger partial charge in [-0.1, -0.05) is 0 Å². The van der Waals surface area contributed by atoms with Crippen molar-refractivity contribution in [1.29, 1.82) is 5.16 Å². The maximum absolute atomic E-state index is 8.17. The van der Waals surface area contributed by atoms with Gasteiger partial charge in [-0.15, -0.1) is 6.42 Å². The summed E-state index contributed by atoms with van der Waals surface area (Å²) >= 11 is 0. The molecule has 0 aliphatic heterocycles. The first kappa shape index (κ1) is 28.1. The zero-order valence-corrected chi connectivity index (χ0v) is 16.5. The first-order valence-electron chi connectivity index (χ1n) is 5.22. The molecule has 1 rings (SSSR count). The average molecular weight is 362 g/mol. The molecule has 1 radical (unpaired) electrons. The molecule has 0 aromatic heterocycles. The van der Waals surface area contributed by atoms with Gasteiger partial charge in [-0.3, -0.25) is 25.2 Å². The van der Waals surface area contributed by atoms with Gasteiger partial charge in [0.05, 0.1) is 0 Å². The molecule has 0 bridgehead atoms. The van der Waals surface area contributed by atoms with E-state index in [-0.39, 0.29) is 46.5 Å². The largest absolute Gasteiger partial charge is 3.00 e. The van der Waals surface area contributed by atoms with Crippen LogP contribution in [0, 0.1) is 11.2 Å². The summed E-state index contributed by atoms with van der Waals surface area (Å²) in [6.45, 7) is 0. The van der Waals surface area contributed by atoms with Gasteiger partial charge in [0.15, 0.2) is 7.51 Å². The molecule has 0 atom stereocenters. The summed E-state index contributed by atoms with van der Waals surface area (Å²) in [6.07, 6.45) is 10.0. The molecule has 0 aromatic rings. The van der Waals surface area contributed by atoms with Crippen molar-refractivity contribution in [1.82, 2.24) is 14.0 Å². The van der Waals surface area contributed by atoms with E-state index in [1.807, 2.05) is 68.4 Å². The summed E-state index contributed by atoms with van der Waals surface area (Å²) < 4.78 is 5.90. The fraction of sp³-hybridized carbons (Fsp3) is 0.636. The molecular formula is C11H24Cl2N4PTi. The Morgan fingerprint density at radius 2 is 1.32 bits per heavy atom. The molecule has 0 saturated carbocycles. The third-order valence-electron chi connectivity index (χ3n) is 2.26. The van der Waals surface area contributed by atoms with Crippen molar-refractivity contribution in [3.8, 4) is 0 Å². The van der Waals surface area contributed by atoms with Crippen LogP contribution in [0.15, 0.2) is 18.2 Å². The first-order chi connectivity index (χ1) is 7.33. The van der Waals surface area contributed by atoms with Crippen molar-refractivity contribution in [2.24, 2.45) is 0 Å². The van der Waals surface area contributed by atoms with Gasteiger partial charge in [0.25, 0.3) is 0 Å². The van der Waals surface area contributed by atoms with Crippen molar-refractivity contribution in [2.45, 2.75) is 6.42 Å². The van der Waals surface area contributed by atoms with Gasteiger partial charge in [-0.05, 0) is 42.3 Å². The molecule has 8 heteroatoms. The maximum Gasteiger partial charge on any atom is 3.00 e. The summed E-state index contributed by atoms with van der Waals surface area (Å²) in [5.74, 6) is 0. The number of rotatable bonds is 3. The second-order valence-corrected chi connectivity index (χ2v) is 7.65. The van der Waals surface area contributed by atoms with Crippen molar-refractivity contribution >= 4 is 7.51 Å². The summed E-state index contributed by atoms with van der Waals surface area (Å²) in [7, 11) is 9.74. The van der Waals surface area contributed by atoms with Crippen LogP contribution in [-0.2, 0) is 21.7 Å². The molecule has 0 heterocycles. The van der Waals surface area contributed by atoms with E-state index in [2.05, 4.69) is 12.2 Å². The van der Waals surface area contributed by atoms with Gasteiger partial charge in [-0.2, -0.15) is 6.08 Å². The fourth-order valence-corrected chi connectivity index (χ4v) is 3.56. The minimum atomic E-state index is -1.94. The molecule has 1 N–H and O–H groups in total. The van der Waals surface area contributed by atoms with Gasteiger partial charge >= 0.3 is 21.7 Å². The van der Waals surface area contributed by atoms with Crippen LogP contribution in [0.3, 0.4) is 0 Å². The number of hydrogen-bond donors (Lipinski definition) is 1. The Hall–Kier alpha value is 0.884. The van der Waals surface area contributed by atoms with E-state index < -0.39 is 7.51 Å². The minimum Gasteiger partial charge on any atom is -1.00 e. The quantitative estimate of drug-likeness (QED) is 0.322. The number of nitrogens with zero attached hydrogens (tertiary/aromatic N) is 3. The van der Waals surface area contributed by atoms with E-state index in [0.29, 0.717) is 0 Å². The van der Waals surface area contributed by atoms with Gasteiger partial charge < -0.3 is 24.8 Å². The van der Waals surface area contributed by atoms with E-state index in [1.165, 1.54) is 0 Å². The monoisotopic (exact) mass is 361 g/mol. The van der Waals surface area contributed by atoms with Gasteiger partial charge in [0.1, 0.15) is 0 Å². The molecule has 4 nitrogen and oxygen atoms in total. The predicted molar refractivity (Wildman–Crippen MR) is 72.3 cm³/mol. The number of allylic oxidation sites excluding steroid dienone is 4. The van der Waals surface area contributed by atoms with Gasteiger partial charge in [0.2, 0.25) is 0 Å². The van der Waals surface area contributed by atoms with Crippen LogP contribution in [0.2, 0.25) is 0 Å². The Bertz CT molecular complexity index is 269. The molecule has 1 aliphatic carbocycles. The fourth-order valence-electron chi connectivity index (χ4n) is 1.41. The Morgan fingerprint density at radius 3 is 1.37 bits per heavy atom. The standard InChI is InChI=1S/C6H19N4P.C5H5.2ClH.Ti/c1-8(2)11(7,9(3)4)10(5)6;1-2-4-5-3-1;;;/h7H,1-6H3;1-3H,4H2;2*1H;/q;-1;;;+3/p-2. The molecule has 0 aromatic carbocycles. The molecule has 111 valence electrons. The SMILES string of the molecule is CN(C)P(=N)(N(C)C)N(C)C.[C-]1=CC=CC1.[Cl-].[Cl-].[Ti+3]. The summed E-state index contributed by atoms with van der Waals surface area (Å²) in [5.41, 5.74) is 0. The van der Waals surface area contributed by atoms with Crippen LogP contribution in [0.5, 0.6) is 0 Å². The molecule has 1 aliphatic rings. The van der Waals surface area contributed by atoms with Gasteiger partial charge in [0, 0.05) is 0 Å². The van der Waals surface area contributed by atoms with E-state index in [9.17, 15) is 0 Å². The second kappa shape index (κ2) is 13.8. The molecular weight excluding hydrogens is 338 g/mol. The Labute approximate surface area is 146 Å². The topological polar surface area (TPSA) is 33.6 Å². The van der Waals surface area contributed by atoms with Crippen molar-refractivity contribution in [3.63, 3.8) is 0 Å². The predicted octanol–water partition coefficient (Wildman–Crippen LogP) is -3.49. The molecule has 0 spiro atoms. The zero-order chi connectivity index (χ0) is 12.8. The summed E-state index contributed by atoms with van der Waals surface area (Å²) in [4.78, 5) is 0. The molecule has 0 saturated heterocycles. The minimum absolute atomic E-state index is 0. The smallest absolute Gasteiger partial charge is 1.00 e. The van der Waals surface area contributed by atoms with Crippen LogP contribution in [0.25, 0.3) is 0 Å². The third-order valence-corrected chi connectivity index (χ3v) is 5.61. The normalized spacial score (nSPS) is 12.5. The summed E-state index contributed by atoms with van der Waals surface area (Å²) in [5, 5.41) is 8.17. The molecule has 19 heavy (non-hydrogen) atoms. The van der Waals surface area contributed by atoms with Crippen molar-refractivity contribution < 1.29 is 46.5 Å². The summed E-state index contributed by atoms with van der Waals surface area (Å²) in [6, 6.07) is 0. The van der Waals surface area contributed by atoms with Crippen LogP contribution in [0.4, 0.5) is 0 Å². The Kier molecular flexibility index (Phi) is 20.5. The number of halogens is 2. The van der Waals surface area contributed by atoms with Crippen molar-refractivity contribution in [3.05, 3.63) is 24.3 Å². The average Bonchev–Trinajstić information content (AvgIpc) is 2.73. The van der Waals surface area contributed by atoms with E-state index in [1.54, 1.807) is 0 Å². The molecule has 0 fully saturated rings. The second-order valence-electron chi connectivity index (χ2n) is 4.11. The van der Waals surface area contributed by atoms with Crippen LogP contribution < -0.4 is 24.8 Å². The number of nitrogens with one attached hydrogen (secondary N) is 1.